The fourth-order valence-corrected chi connectivity index (χ4v) is 6.01. The molecule has 0 saturated carbocycles. The van der Waals surface area contributed by atoms with Crippen LogP contribution >= 0.6 is 11.3 Å². The second-order valence-electron chi connectivity index (χ2n) is 8.79. The van der Waals surface area contributed by atoms with E-state index in [2.05, 4.69) is 6.07 Å². The zero-order chi connectivity index (χ0) is 24.5. The van der Waals surface area contributed by atoms with Gasteiger partial charge in [-0.3, -0.25) is 13.9 Å². The zero-order valence-electron chi connectivity index (χ0n) is 19.8. The summed E-state index contributed by atoms with van der Waals surface area (Å²) in [5, 5.41) is 0.594. The van der Waals surface area contributed by atoms with Crippen molar-refractivity contribution in [2.75, 3.05) is 13.2 Å². The number of carbonyl (C=O) groups is 1. The van der Waals surface area contributed by atoms with Gasteiger partial charge in [-0.05, 0) is 37.0 Å². The molecule has 0 bridgehead atoms. The number of rotatable bonds is 5. The number of ether oxygens (including phenoxy) is 1. The van der Waals surface area contributed by atoms with Gasteiger partial charge in [0.2, 0.25) is 0 Å². The molecule has 8 heteroatoms. The molecule has 1 amide bonds. The fraction of sp³-hybridized carbons (Fsp3) is 0.296. The van der Waals surface area contributed by atoms with Crippen molar-refractivity contribution in [3.63, 3.8) is 0 Å². The van der Waals surface area contributed by atoms with Gasteiger partial charge < -0.3 is 9.64 Å². The van der Waals surface area contributed by atoms with Crippen LogP contribution in [0.5, 0.6) is 0 Å². The maximum Gasteiger partial charge on any atom is 0.410 e. The first kappa shape index (κ1) is 23.1. The molecule has 2 aromatic heterocycles. The van der Waals surface area contributed by atoms with Crippen LogP contribution in [0.3, 0.4) is 0 Å². The average molecular weight is 490 g/mol. The van der Waals surface area contributed by atoms with Gasteiger partial charge in [0, 0.05) is 11.4 Å². The molecule has 5 rings (SSSR count). The minimum Gasteiger partial charge on any atom is -0.450 e. The Bertz CT molecular complexity index is 1520. The van der Waals surface area contributed by atoms with Crippen molar-refractivity contribution in [1.29, 1.82) is 0 Å². The first-order valence-electron chi connectivity index (χ1n) is 11.7. The number of fused-ring (bicyclic) bond motifs is 3. The third-order valence-corrected chi connectivity index (χ3v) is 7.58. The lowest BCUT2D eigenvalue weighted by Crippen LogP contribution is -2.40. The smallest absolute Gasteiger partial charge is 0.410 e. The van der Waals surface area contributed by atoms with Crippen LogP contribution in [0, 0.1) is 6.92 Å². The van der Waals surface area contributed by atoms with Gasteiger partial charge in [-0.25, -0.2) is 9.59 Å². The van der Waals surface area contributed by atoms with E-state index < -0.39 is 0 Å². The normalized spacial score (nSPS) is 13.1. The molecule has 0 radical (unpaired) electrons. The molecule has 180 valence electrons. The monoisotopic (exact) mass is 489 g/mol. The Hall–Kier alpha value is -3.65. The Kier molecular flexibility index (Phi) is 6.30. The fourth-order valence-electron chi connectivity index (χ4n) is 4.66. The standard InChI is InChI=1S/C27H27N3O4S/c1-3-34-27(33)28-13-12-21-22(17-28)35-25-23(21)24(31)29(15-19-9-5-4-6-10-19)26(32)30(25)16-20-11-7-8-18(2)14-20/h4-11,14H,3,12-13,15-17H2,1-2H3. The van der Waals surface area contributed by atoms with Crippen molar-refractivity contribution >= 4 is 27.6 Å². The molecule has 2 aromatic carbocycles. The maximum atomic E-state index is 13.7. The molecule has 0 spiro atoms. The lowest BCUT2D eigenvalue weighted by Gasteiger charge is -2.25. The summed E-state index contributed by atoms with van der Waals surface area (Å²) < 4.78 is 8.24. The van der Waals surface area contributed by atoms with Crippen LogP contribution in [0.25, 0.3) is 10.2 Å². The molecule has 0 aliphatic carbocycles. The molecule has 1 aliphatic heterocycles. The largest absolute Gasteiger partial charge is 0.450 e. The molecular weight excluding hydrogens is 462 g/mol. The number of thiophene rings is 1. The first-order chi connectivity index (χ1) is 17.0. The number of hydrogen-bond acceptors (Lipinski definition) is 5. The number of aromatic nitrogens is 2. The Balaban J connectivity index is 1.68. The second kappa shape index (κ2) is 9.54. The Morgan fingerprint density at radius 3 is 2.49 bits per heavy atom. The van der Waals surface area contributed by atoms with Gasteiger partial charge in [-0.2, -0.15) is 0 Å². The molecular formula is C27H27N3O4S. The number of benzene rings is 2. The Labute approximate surface area is 206 Å². The summed E-state index contributed by atoms with van der Waals surface area (Å²) in [4.78, 5) is 43.0. The van der Waals surface area contributed by atoms with Gasteiger partial charge >= 0.3 is 11.8 Å². The average Bonchev–Trinajstić information content (AvgIpc) is 3.24. The van der Waals surface area contributed by atoms with E-state index >= 15 is 0 Å². The summed E-state index contributed by atoms with van der Waals surface area (Å²) in [5.74, 6) is 0. The summed E-state index contributed by atoms with van der Waals surface area (Å²) in [5.41, 5.74) is 3.35. The first-order valence-corrected chi connectivity index (χ1v) is 12.6. The van der Waals surface area contributed by atoms with Crippen LogP contribution in [-0.4, -0.2) is 33.3 Å². The maximum absolute atomic E-state index is 13.7. The highest BCUT2D eigenvalue weighted by Gasteiger charge is 2.28. The number of nitrogens with zero attached hydrogens (tertiary/aromatic N) is 3. The lowest BCUT2D eigenvalue weighted by molar-refractivity contribution is 0.103. The molecule has 0 saturated heterocycles. The van der Waals surface area contributed by atoms with Crippen molar-refractivity contribution in [3.05, 3.63) is 103 Å². The van der Waals surface area contributed by atoms with Crippen LogP contribution in [0.15, 0.2) is 64.2 Å². The zero-order valence-corrected chi connectivity index (χ0v) is 20.6. The summed E-state index contributed by atoms with van der Waals surface area (Å²) in [6, 6.07) is 17.6. The highest BCUT2D eigenvalue weighted by molar-refractivity contribution is 7.18. The molecule has 4 aromatic rings. The molecule has 0 N–H and O–H groups in total. The van der Waals surface area contributed by atoms with Gasteiger partial charge in [0.1, 0.15) is 4.83 Å². The van der Waals surface area contributed by atoms with Gasteiger partial charge in [-0.1, -0.05) is 60.2 Å². The van der Waals surface area contributed by atoms with Crippen molar-refractivity contribution in [2.24, 2.45) is 0 Å². The van der Waals surface area contributed by atoms with Crippen molar-refractivity contribution in [3.8, 4) is 0 Å². The lowest BCUT2D eigenvalue weighted by atomic mass is 10.1. The van der Waals surface area contributed by atoms with Crippen LogP contribution < -0.4 is 11.2 Å². The third-order valence-electron chi connectivity index (χ3n) is 6.34. The van der Waals surface area contributed by atoms with Gasteiger partial charge in [-0.15, -0.1) is 11.3 Å². The minimum absolute atomic E-state index is 0.210. The van der Waals surface area contributed by atoms with Crippen molar-refractivity contribution in [2.45, 2.75) is 39.9 Å². The van der Waals surface area contributed by atoms with Crippen LogP contribution in [0.2, 0.25) is 0 Å². The SMILES string of the molecule is CCOC(=O)N1CCc2c(sc3c2c(=O)n(Cc2ccccc2)c(=O)n3Cc2cccc(C)c2)C1. The van der Waals surface area contributed by atoms with Crippen molar-refractivity contribution < 1.29 is 9.53 Å². The quantitative estimate of drug-likeness (QED) is 0.422. The van der Waals surface area contributed by atoms with E-state index in [1.54, 1.807) is 16.4 Å². The predicted octanol–water partition coefficient (Wildman–Crippen LogP) is 4.14. The van der Waals surface area contributed by atoms with E-state index in [1.807, 2.05) is 55.5 Å². The van der Waals surface area contributed by atoms with E-state index in [9.17, 15) is 14.4 Å². The summed E-state index contributed by atoms with van der Waals surface area (Å²) in [7, 11) is 0. The molecule has 0 atom stereocenters. The Morgan fingerprint density at radius 2 is 1.74 bits per heavy atom. The minimum atomic E-state index is -0.353. The van der Waals surface area contributed by atoms with Crippen molar-refractivity contribution in [1.82, 2.24) is 14.0 Å². The summed E-state index contributed by atoms with van der Waals surface area (Å²) in [6.45, 7) is 5.55. The van der Waals surface area contributed by atoms with Gasteiger partial charge in [0.05, 0.1) is 31.6 Å². The predicted molar refractivity (Wildman–Crippen MR) is 137 cm³/mol. The number of carbonyl (C=O) groups excluding carboxylic acids is 1. The molecule has 35 heavy (non-hydrogen) atoms. The van der Waals surface area contributed by atoms with E-state index in [0.717, 1.165) is 27.1 Å². The van der Waals surface area contributed by atoms with Gasteiger partial charge in [0.25, 0.3) is 5.56 Å². The number of hydrogen-bond donors (Lipinski definition) is 0. The number of aryl methyl sites for hydroxylation is 1. The third kappa shape index (κ3) is 4.41. The van der Waals surface area contributed by atoms with Gasteiger partial charge in [0.15, 0.2) is 0 Å². The second-order valence-corrected chi connectivity index (χ2v) is 9.87. The van der Waals surface area contributed by atoms with E-state index in [-0.39, 0.29) is 23.9 Å². The number of amides is 1. The summed E-state index contributed by atoms with van der Waals surface area (Å²) >= 11 is 1.43. The molecule has 7 nitrogen and oxygen atoms in total. The molecule has 1 aliphatic rings. The molecule has 0 fully saturated rings. The van der Waals surface area contributed by atoms with Crippen LogP contribution in [0.4, 0.5) is 4.79 Å². The highest BCUT2D eigenvalue weighted by Crippen LogP contribution is 2.33. The van der Waals surface area contributed by atoms with Crippen LogP contribution in [0.1, 0.15) is 34.1 Å². The van der Waals surface area contributed by atoms with E-state index in [4.69, 9.17) is 4.74 Å². The summed E-state index contributed by atoms with van der Waals surface area (Å²) in [6.07, 6.45) is 0.200. The van der Waals surface area contributed by atoms with Crippen LogP contribution in [-0.2, 0) is 30.8 Å². The van der Waals surface area contributed by atoms with E-state index in [1.165, 1.54) is 15.9 Å². The molecule has 3 heterocycles. The molecule has 0 unspecified atom stereocenters. The topological polar surface area (TPSA) is 73.5 Å². The van der Waals surface area contributed by atoms with E-state index in [0.29, 0.717) is 42.9 Å². The Morgan fingerprint density at radius 1 is 1.00 bits per heavy atom. The highest BCUT2D eigenvalue weighted by atomic mass is 32.1.